The van der Waals surface area contributed by atoms with E-state index >= 15 is 0 Å². The maximum Gasteiger partial charge on any atom is 0.326 e. The molecule has 0 saturated carbocycles. The number of urea groups is 1. The Labute approximate surface area is 124 Å². The summed E-state index contributed by atoms with van der Waals surface area (Å²) in [7, 11) is 0. The number of carboxylic acids is 1. The fourth-order valence-electron chi connectivity index (χ4n) is 1.44. The van der Waals surface area contributed by atoms with Gasteiger partial charge in [-0.1, -0.05) is 11.6 Å². The maximum absolute atomic E-state index is 11.7. The number of anilines is 1. The highest BCUT2D eigenvalue weighted by Gasteiger charge is 2.22. The molecule has 1 atom stereocenters. The van der Waals surface area contributed by atoms with Gasteiger partial charge in [0.1, 0.15) is 12.1 Å². The van der Waals surface area contributed by atoms with E-state index in [9.17, 15) is 14.4 Å². The molecule has 21 heavy (non-hydrogen) atoms. The van der Waals surface area contributed by atoms with Gasteiger partial charge in [0.2, 0.25) is 5.91 Å². The average Bonchev–Trinajstić information content (AvgIpc) is 2.37. The van der Waals surface area contributed by atoms with Crippen molar-refractivity contribution in [1.82, 2.24) is 5.32 Å². The number of carbonyl (C=O) groups is 3. The van der Waals surface area contributed by atoms with Gasteiger partial charge in [-0.2, -0.15) is 5.26 Å². The summed E-state index contributed by atoms with van der Waals surface area (Å²) >= 11 is 5.75. The van der Waals surface area contributed by atoms with Crippen LogP contribution in [0.1, 0.15) is 12.0 Å². The summed E-state index contributed by atoms with van der Waals surface area (Å²) < 4.78 is 0. The molecule has 8 nitrogen and oxygen atoms in total. The van der Waals surface area contributed by atoms with Crippen LogP contribution in [0.3, 0.4) is 0 Å². The zero-order chi connectivity index (χ0) is 16.0. The number of rotatable bonds is 5. The van der Waals surface area contributed by atoms with Crippen LogP contribution >= 0.6 is 11.6 Å². The molecule has 0 saturated heterocycles. The highest BCUT2D eigenvalue weighted by molar-refractivity contribution is 6.31. The Morgan fingerprint density at radius 1 is 1.43 bits per heavy atom. The molecular formula is C12H11ClN4O4. The van der Waals surface area contributed by atoms with E-state index in [0.29, 0.717) is 0 Å². The van der Waals surface area contributed by atoms with Gasteiger partial charge in [0.05, 0.1) is 17.7 Å². The fraction of sp³-hybridized carbons (Fsp3) is 0.167. The second-order valence-electron chi connectivity index (χ2n) is 3.96. The maximum atomic E-state index is 11.7. The molecule has 1 rings (SSSR count). The van der Waals surface area contributed by atoms with Crippen molar-refractivity contribution < 1.29 is 19.5 Å². The quantitative estimate of drug-likeness (QED) is 0.631. The molecule has 0 bridgehead atoms. The number of amides is 3. The number of carbonyl (C=O) groups excluding carboxylic acids is 2. The van der Waals surface area contributed by atoms with Gasteiger partial charge in [-0.25, -0.2) is 9.59 Å². The van der Waals surface area contributed by atoms with Gasteiger partial charge in [0.25, 0.3) is 0 Å². The smallest absolute Gasteiger partial charge is 0.326 e. The zero-order valence-corrected chi connectivity index (χ0v) is 11.3. The topological polar surface area (TPSA) is 145 Å². The van der Waals surface area contributed by atoms with Gasteiger partial charge in [-0.05, 0) is 18.2 Å². The molecule has 3 amide bonds. The van der Waals surface area contributed by atoms with Crippen molar-refractivity contribution in [3.63, 3.8) is 0 Å². The standard InChI is InChI=1S/C12H11ClN4O4/c13-7-2-1-6(5-14)8(3-7)16-12(21)17-9(11(19)20)4-10(15)18/h1-3,9H,4H2,(H2,15,18)(H,19,20)(H2,16,17,21)/t9-/m1/s1. The van der Waals surface area contributed by atoms with Crippen LogP contribution in [0.15, 0.2) is 18.2 Å². The normalized spacial score (nSPS) is 11.0. The first-order chi connectivity index (χ1) is 9.83. The van der Waals surface area contributed by atoms with Crippen molar-refractivity contribution >= 4 is 35.2 Å². The molecule has 0 spiro atoms. The molecule has 5 N–H and O–H groups in total. The monoisotopic (exact) mass is 310 g/mol. The summed E-state index contributed by atoms with van der Waals surface area (Å²) in [6.07, 6.45) is -0.552. The van der Waals surface area contributed by atoms with Crippen LogP contribution in [-0.4, -0.2) is 29.1 Å². The lowest BCUT2D eigenvalue weighted by atomic mass is 10.2. The Bertz CT molecular complexity index is 626. The second kappa shape index (κ2) is 7.12. The number of nitrogens with zero attached hydrogens (tertiary/aromatic N) is 1. The van der Waals surface area contributed by atoms with Crippen molar-refractivity contribution in [3.8, 4) is 6.07 Å². The Kier molecular flexibility index (Phi) is 5.51. The Morgan fingerprint density at radius 3 is 2.62 bits per heavy atom. The minimum atomic E-state index is -1.47. The Hall–Kier alpha value is -2.79. The molecule has 110 valence electrons. The molecule has 1 aromatic rings. The summed E-state index contributed by atoms with van der Waals surface area (Å²) in [5.41, 5.74) is 5.16. The van der Waals surface area contributed by atoms with Crippen molar-refractivity contribution in [2.75, 3.05) is 5.32 Å². The molecule has 0 heterocycles. The van der Waals surface area contributed by atoms with E-state index < -0.39 is 30.4 Å². The minimum Gasteiger partial charge on any atom is -0.480 e. The zero-order valence-electron chi connectivity index (χ0n) is 10.6. The molecule has 0 aliphatic heterocycles. The average molecular weight is 311 g/mol. The van der Waals surface area contributed by atoms with E-state index in [1.807, 2.05) is 6.07 Å². The number of halogens is 1. The molecular weight excluding hydrogens is 300 g/mol. The molecule has 9 heteroatoms. The number of benzene rings is 1. The highest BCUT2D eigenvalue weighted by atomic mass is 35.5. The molecule has 0 aromatic heterocycles. The highest BCUT2D eigenvalue weighted by Crippen LogP contribution is 2.20. The molecule has 0 aliphatic rings. The first-order valence-electron chi connectivity index (χ1n) is 5.61. The van der Waals surface area contributed by atoms with Gasteiger partial charge in [0, 0.05) is 5.02 Å². The summed E-state index contributed by atoms with van der Waals surface area (Å²) in [6, 6.07) is 3.68. The summed E-state index contributed by atoms with van der Waals surface area (Å²) in [6.45, 7) is 0. The van der Waals surface area contributed by atoms with Crippen LogP contribution in [-0.2, 0) is 9.59 Å². The fourth-order valence-corrected chi connectivity index (χ4v) is 1.61. The second-order valence-corrected chi connectivity index (χ2v) is 4.40. The van der Waals surface area contributed by atoms with Gasteiger partial charge in [0.15, 0.2) is 0 Å². The summed E-state index contributed by atoms with van der Waals surface area (Å²) in [5, 5.41) is 22.4. The van der Waals surface area contributed by atoms with Crippen LogP contribution in [0.4, 0.5) is 10.5 Å². The number of aliphatic carboxylic acids is 1. The summed E-state index contributed by atoms with van der Waals surface area (Å²) in [4.78, 5) is 33.3. The van der Waals surface area contributed by atoms with Gasteiger partial charge in [-0.3, -0.25) is 4.79 Å². The van der Waals surface area contributed by atoms with Crippen LogP contribution in [0.5, 0.6) is 0 Å². The van der Waals surface area contributed by atoms with E-state index in [4.69, 9.17) is 27.7 Å². The van der Waals surface area contributed by atoms with Crippen molar-refractivity contribution in [1.29, 1.82) is 5.26 Å². The lowest BCUT2D eigenvalue weighted by Gasteiger charge is -2.14. The van der Waals surface area contributed by atoms with E-state index in [-0.39, 0.29) is 16.3 Å². The third-order valence-corrected chi connectivity index (χ3v) is 2.59. The minimum absolute atomic E-state index is 0.116. The number of nitrogens with two attached hydrogens (primary N) is 1. The lowest BCUT2D eigenvalue weighted by molar-refractivity contribution is -0.140. The van der Waals surface area contributed by atoms with Gasteiger partial charge < -0.3 is 21.5 Å². The predicted octanol–water partition coefficient (Wildman–Crippen LogP) is 0.662. The first-order valence-corrected chi connectivity index (χ1v) is 5.99. The molecule has 0 radical (unpaired) electrons. The Morgan fingerprint density at radius 2 is 2.10 bits per heavy atom. The van der Waals surface area contributed by atoms with Crippen LogP contribution in [0.25, 0.3) is 0 Å². The number of nitrogens with one attached hydrogen (secondary N) is 2. The van der Waals surface area contributed by atoms with Crippen molar-refractivity contribution in [2.45, 2.75) is 12.5 Å². The van der Waals surface area contributed by atoms with E-state index in [1.54, 1.807) is 0 Å². The number of hydrogen-bond donors (Lipinski definition) is 4. The number of nitriles is 1. The van der Waals surface area contributed by atoms with Gasteiger partial charge in [-0.15, -0.1) is 0 Å². The van der Waals surface area contributed by atoms with Crippen molar-refractivity contribution in [3.05, 3.63) is 28.8 Å². The Balaban J connectivity index is 2.81. The largest absolute Gasteiger partial charge is 0.480 e. The SMILES string of the molecule is N#Cc1ccc(Cl)cc1NC(=O)N[C@H](CC(N)=O)C(=O)O. The molecule has 0 aliphatic carbocycles. The number of hydrogen-bond acceptors (Lipinski definition) is 4. The van der Waals surface area contributed by atoms with E-state index in [2.05, 4.69) is 10.6 Å². The van der Waals surface area contributed by atoms with Crippen LogP contribution in [0, 0.1) is 11.3 Å². The predicted molar refractivity (Wildman–Crippen MR) is 73.6 cm³/mol. The summed E-state index contributed by atoms with van der Waals surface area (Å²) in [5.74, 6) is -2.28. The molecule has 1 aromatic carbocycles. The van der Waals surface area contributed by atoms with E-state index in [1.165, 1.54) is 18.2 Å². The molecule has 0 unspecified atom stereocenters. The lowest BCUT2D eigenvalue weighted by Crippen LogP contribution is -2.45. The number of carboxylic acid groups (broad SMARTS) is 1. The number of primary amides is 1. The first kappa shape index (κ1) is 16.3. The molecule has 0 fully saturated rings. The van der Waals surface area contributed by atoms with Crippen LogP contribution < -0.4 is 16.4 Å². The third kappa shape index (κ3) is 5.00. The van der Waals surface area contributed by atoms with E-state index in [0.717, 1.165) is 0 Å². The van der Waals surface area contributed by atoms with Crippen LogP contribution in [0.2, 0.25) is 5.02 Å². The van der Waals surface area contributed by atoms with Crippen molar-refractivity contribution in [2.24, 2.45) is 5.73 Å². The third-order valence-electron chi connectivity index (χ3n) is 2.36. The van der Waals surface area contributed by atoms with Gasteiger partial charge >= 0.3 is 12.0 Å².